The summed E-state index contributed by atoms with van der Waals surface area (Å²) in [4.78, 5) is 36.7. The van der Waals surface area contributed by atoms with Crippen LogP contribution in [0.15, 0.2) is 109 Å². The van der Waals surface area contributed by atoms with Gasteiger partial charge in [-0.2, -0.15) is 0 Å². The molecule has 8 nitrogen and oxygen atoms in total. The van der Waals surface area contributed by atoms with Crippen molar-refractivity contribution >= 4 is 33.6 Å². The predicted molar refractivity (Wildman–Crippen MR) is 177 cm³/mol. The first kappa shape index (κ1) is 29.3. The highest BCUT2D eigenvalue weighted by Crippen LogP contribution is 2.28. The Balaban J connectivity index is 1.21. The quantitative estimate of drug-likeness (QED) is 0.193. The van der Waals surface area contributed by atoms with E-state index < -0.39 is 0 Å². The molecule has 2 N–H and O–H groups in total. The van der Waals surface area contributed by atoms with E-state index in [1.165, 1.54) is 0 Å². The molecule has 2 amide bonds. The third kappa shape index (κ3) is 6.31. The van der Waals surface area contributed by atoms with Crippen LogP contribution in [0.2, 0.25) is 0 Å². The third-order valence-electron chi connectivity index (χ3n) is 7.64. The molecule has 0 radical (unpaired) electrons. The zero-order valence-electron chi connectivity index (χ0n) is 25.2. The van der Waals surface area contributed by atoms with Crippen LogP contribution in [0.25, 0.3) is 44.3 Å². The van der Waals surface area contributed by atoms with Crippen molar-refractivity contribution in [3.63, 3.8) is 0 Å². The van der Waals surface area contributed by atoms with Crippen LogP contribution in [0, 0.1) is 0 Å². The van der Waals surface area contributed by atoms with Crippen molar-refractivity contribution in [2.45, 2.75) is 13.0 Å². The first-order valence-corrected chi connectivity index (χ1v) is 14.6. The second-order valence-electron chi connectivity index (χ2n) is 10.7. The number of carbonyl (C=O) groups is 2. The van der Waals surface area contributed by atoms with Gasteiger partial charge in [0.15, 0.2) is 0 Å². The van der Waals surface area contributed by atoms with E-state index in [0.717, 1.165) is 38.9 Å². The number of carbonyl (C=O) groups excluding carboxylic acids is 2. The van der Waals surface area contributed by atoms with Gasteiger partial charge in [0.25, 0.3) is 11.8 Å². The fourth-order valence-electron chi connectivity index (χ4n) is 5.24. The molecule has 0 aliphatic rings. The summed E-state index contributed by atoms with van der Waals surface area (Å²) in [5, 5.41) is 7.55. The summed E-state index contributed by atoms with van der Waals surface area (Å²) in [6.45, 7) is 2.09. The van der Waals surface area contributed by atoms with Crippen molar-refractivity contribution in [1.29, 1.82) is 0 Å². The lowest BCUT2D eigenvalue weighted by atomic mass is 10.0. The van der Waals surface area contributed by atoms with Gasteiger partial charge in [-0.15, -0.1) is 0 Å². The van der Waals surface area contributed by atoms with Crippen molar-refractivity contribution in [3.8, 4) is 34.0 Å². The number of fused-ring (bicyclic) bond motifs is 2. The zero-order chi connectivity index (χ0) is 31.3. The predicted octanol–water partition coefficient (Wildman–Crippen LogP) is 6.68. The van der Waals surface area contributed by atoms with Gasteiger partial charge in [0.2, 0.25) is 0 Å². The molecule has 0 bridgehead atoms. The second-order valence-corrected chi connectivity index (χ2v) is 10.7. The number of amides is 2. The number of hydrogen-bond donors (Lipinski definition) is 2. The number of pyridine rings is 2. The SMILES string of the molecule is COc1ccc(-c2cc(C(=O)NCC(C)NC(=O)c3cc(-c4ccc(OC)cc4)nc4ccccc34)c3ccccc3n2)cc1. The van der Waals surface area contributed by atoms with Crippen LogP contribution in [-0.2, 0) is 0 Å². The summed E-state index contributed by atoms with van der Waals surface area (Å²) in [5.41, 5.74) is 5.55. The highest BCUT2D eigenvalue weighted by atomic mass is 16.5. The third-order valence-corrected chi connectivity index (χ3v) is 7.64. The lowest BCUT2D eigenvalue weighted by Crippen LogP contribution is -2.42. The maximum atomic E-state index is 13.6. The molecular formula is C37H32N4O4. The summed E-state index contributed by atoms with van der Waals surface area (Å²) in [6.07, 6.45) is 0. The Kier molecular flexibility index (Phi) is 8.37. The normalized spacial score (nSPS) is 11.6. The molecule has 0 aliphatic heterocycles. The molecule has 6 rings (SSSR count). The van der Waals surface area contributed by atoms with Gasteiger partial charge in [0.05, 0.1) is 47.8 Å². The van der Waals surface area contributed by atoms with E-state index in [2.05, 4.69) is 10.6 Å². The minimum absolute atomic E-state index is 0.230. The molecule has 1 unspecified atom stereocenters. The van der Waals surface area contributed by atoms with E-state index in [0.29, 0.717) is 28.0 Å². The Bertz CT molecular complexity index is 2010. The van der Waals surface area contributed by atoms with Crippen molar-refractivity contribution in [2.75, 3.05) is 20.8 Å². The van der Waals surface area contributed by atoms with Crippen molar-refractivity contribution in [2.24, 2.45) is 0 Å². The topological polar surface area (TPSA) is 102 Å². The molecule has 8 heteroatoms. The van der Waals surface area contributed by atoms with Crippen LogP contribution >= 0.6 is 0 Å². The van der Waals surface area contributed by atoms with Gasteiger partial charge >= 0.3 is 0 Å². The van der Waals surface area contributed by atoms with Crippen LogP contribution in [-0.4, -0.2) is 48.6 Å². The maximum Gasteiger partial charge on any atom is 0.252 e. The number of nitrogens with zero attached hydrogens (tertiary/aromatic N) is 2. The molecule has 224 valence electrons. The fourth-order valence-corrected chi connectivity index (χ4v) is 5.24. The van der Waals surface area contributed by atoms with E-state index in [9.17, 15) is 9.59 Å². The summed E-state index contributed by atoms with van der Waals surface area (Å²) in [5.74, 6) is 0.984. The van der Waals surface area contributed by atoms with Crippen molar-refractivity contribution < 1.29 is 19.1 Å². The molecule has 4 aromatic carbocycles. The summed E-state index contributed by atoms with van der Waals surface area (Å²) >= 11 is 0. The number of methoxy groups -OCH3 is 2. The summed E-state index contributed by atoms with van der Waals surface area (Å²) in [7, 11) is 3.24. The average Bonchev–Trinajstić information content (AvgIpc) is 3.09. The van der Waals surface area contributed by atoms with E-state index in [-0.39, 0.29) is 24.4 Å². The Morgan fingerprint density at radius 2 is 1.09 bits per heavy atom. The van der Waals surface area contributed by atoms with E-state index >= 15 is 0 Å². The van der Waals surface area contributed by atoms with Crippen molar-refractivity contribution in [3.05, 3.63) is 120 Å². The zero-order valence-corrected chi connectivity index (χ0v) is 25.2. The monoisotopic (exact) mass is 596 g/mol. The number of aromatic nitrogens is 2. The van der Waals surface area contributed by atoms with Gasteiger partial charge in [0.1, 0.15) is 11.5 Å². The molecule has 0 saturated carbocycles. The molecule has 0 saturated heterocycles. The van der Waals surface area contributed by atoms with E-state index in [1.807, 2.05) is 104 Å². The molecule has 45 heavy (non-hydrogen) atoms. The Morgan fingerprint density at radius 3 is 1.56 bits per heavy atom. The standard InChI is InChI=1S/C37H32N4O4/c1-23(39-37(43)31-21-35(25-14-18-27(45-3)19-15-25)41-33-11-7-5-9-29(31)33)22-38-36(42)30-20-34(24-12-16-26(44-2)17-13-24)40-32-10-6-4-8-28(30)32/h4-21,23H,22H2,1-3H3,(H,38,42)(H,39,43). The van der Waals surface area contributed by atoms with Crippen LogP contribution in [0.1, 0.15) is 27.6 Å². The number of benzene rings is 4. The molecule has 1 atom stereocenters. The molecule has 0 fully saturated rings. The number of rotatable bonds is 9. The van der Waals surface area contributed by atoms with Gasteiger partial charge in [-0.3, -0.25) is 9.59 Å². The van der Waals surface area contributed by atoms with Gasteiger partial charge in [-0.05, 0) is 79.7 Å². The van der Waals surface area contributed by atoms with E-state index in [1.54, 1.807) is 26.4 Å². The maximum absolute atomic E-state index is 13.6. The average molecular weight is 597 g/mol. The molecule has 6 aromatic rings. The highest BCUT2D eigenvalue weighted by Gasteiger charge is 2.18. The minimum Gasteiger partial charge on any atom is -0.497 e. The van der Waals surface area contributed by atoms with Crippen LogP contribution < -0.4 is 20.1 Å². The molecule has 0 spiro atoms. The highest BCUT2D eigenvalue weighted by molar-refractivity contribution is 6.08. The Labute approximate surface area is 261 Å². The fraction of sp³-hybridized carbons (Fsp3) is 0.135. The summed E-state index contributed by atoms with van der Waals surface area (Å²) < 4.78 is 10.6. The number of ether oxygens (including phenoxy) is 2. The molecule has 2 aromatic heterocycles. The first-order chi connectivity index (χ1) is 21.9. The largest absolute Gasteiger partial charge is 0.497 e. The van der Waals surface area contributed by atoms with Crippen LogP contribution in [0.5, 0.6) is 11.5 Å². The van der Waals surface area contributed by atoms with Crippen LogP contribution in [0.4, 0.5) is 0 Å². The summed E-state index contributed by atoms with van der Waals surface area (Å²) in [6, 6.07) is 33.5. The number of para-hydroxylation sites is 2. The second kappa shape index (κ2) is 12.9. The van der Waals surface area contributed by atoms with Gasteiger partial charge < -0.3 is 20.1 Å². The first-order valence-electron chi connectivity index (χ1n) is 14.6. The molecular weight excluding hydrogens is 564 g/mol. The lowest BCUT2D eigenvalue weighted by Gasteiger charge is -2.17. The smallest absolute Gasteiger partial charge is 0.252 e. The Hall–Kier alpha value is -5.76. The van der Waals surface area contributed by atoms with Crippen molar-refractivity contribution in [1.82, 2.24) is 20.6 Å². The Morgan fingerprint density at radius 1 is 0.644 bits per heavy atom. The lowest BCUT2D eigenvalue weighted by molar-refractivity contribution is 0.0914. The molecule has 2 heterocycles. The van der Waals surface area contributed by atoms with E-state index in [4.69, 9.17) is 19.4 Å². The van der Waals surface area contributed by atoms with Gasteiger partial charge in [0, 0.05) is 34.5 Å². The molecule has 0 aliphatic carbocycles. The minimum atomic E-state index is -0.355. The van der Waals surface area contributed by atoms with Gasteiger partial charge in [-0.25, -0.2) is 9.97 Å². The van der Waals surface area contributed by atoms with Crippen LogP contribution in [0.3, 0.4) is 0 Å². The van der Waals surface area contributed by atoms with Gasteiger partial charge in [-0.1, -0.05) is 36.4 Å². The number of hydrogen-bond acceptors (Lipinski definition) is 6. The number of nitrogens with one attached hydrogen (secondary N) is 2.